The van der Waals surface area contributed by atoms with Gasteiger partial charge >= 0.3 is 0 Å². The fourth-order valence-corrected chi connectivity index (χ4v) is 3.75. The number of carbonyl (C=O) groups is 1. The van der Waals surface area contributed by atoms with E-state index >= 15 is 0 Å². The maximum absolute atomic E-state index is 13.3. The summed E-state index contributed by atoms with van der Waals surface area (Å²) in [5.74, 6) is 0.456. The second-order valence-electron chi connectivity index (χ2n) is 6.66. The van der Waals surface area contributed by atoms with Crippen LogP contribution in [-0.4, -0.2) is 38.4 Å². The van der Waals surface area contributed by atoms with Crippen molar-refractivity contribution in [2.24, 2.45) is 7.05 Å². The average molecular weight is 393 g/mol. The van der Waals surface area contributed by atoms with Crippen LogP contribution in [0.15, 0.2) is 48.5 Å². The van der Waals surface area contributed by atoms with Gasteiger partial charge in [0.05, 0.1) is 10.9 Å². The van der Waals surface area contributed by atoms with Crippen LogP contribution in [0.2, 0.25) is 5.02 Å². The number of hydrogen-bond donors (Lipinski definition) is 0. The van der Waals surface area contributed by atoms with Crippen molar-refractivity contribution in [2.45, 2.75) is 13.8 Å². The molecule has 0 aliphatic heterocycles. The average Bonchev–Trinajstić information content (AvgIpc) is 3.00. The van der Waals surface area contributed by atoms with Crippen molar-refractivity contribution < 1.29 is 4.79 Å². The molecule has 2 aromatic carbocycles. The van der Waals surface area contributed by atoms with Gasteiger partial charge in [0.2, 0.25) is 0 Å². The molecule has 2 aromatic heterocycles. The molecule has 0 radical (unpaired) electrons. The fourth-order valence-electron chi connectivity index (χ4n) is 3.58. The first kappa shape index (κ1) is 18.4. The minimum absolute atomic E-state index is 0.0861. The first-order valence-corrected chi connectivity index (χ1v) is 9.73. The van der Waals surface area contributed by atoms with Crippen LogP contribution in [0, 0.1) is 0 Å². The van der Waals surface area contributed by atoms with Crippen LogP contribution in [0.1, 0.15) is 24.3 Å². The number of aryl methyl sites for hydroxylation is 1. The maximum Gasteiger partial charge on any atom is 0.273 e. The minimum Gasteiger partial charge on any atom is -0.338 e. The summed E-state index contributed by atoms with van der Waals surface area (Å²) in [6.07, 6.45) is 0. The highest BCUT2D eigenvalue weighted by atomic mass is 35.5. The lowest BCUT2D eigenvalue weighted by Gasteiger charge is -2.19. The number of benzene rings is 2. The standard InChI is InChI=1S/C22H21ClN4O/c1-4-27(5-2)22(28)19-18-16-12-11-15(23)13-17(16)26(3)21(18)25-20(24-19)14-9-7-6-8-10-14/h6-13H,4-5H2,1-3H3. The van der Waals surface area contributed by atoms with Crippen LogP contribution < -0.4 is 0 Å². The van der Waals surface area contributed by atoms with Crippen molar-refractivity contribution in [3.63, 3.8) is 0 Å². The molecule has 4 aromatic rings. The molecule has 0 saturated heterocycles. The summed E-state index contributed by atoms with van der Waals surface area (Å²) < 4.78 is 1.98. The van der Waals surface area contributed by atoms with Crippen molar-refractivity contribution in [1.29, 1.82) is 0 Å². The highest BCUT2D eigenvalue weighted by Crippen LogP contribution is 2.33. The molecule has 1 amide bonds. The van der Waals surface area contributed by atoms with Crippen molar-refractivity contribution in [3.05, 3.63) is 59.2 Å². The largest absolute Gasteiger partial charge is 0.338 e. The van der Waals surface area contributed by atoms with Crippen LogP contribution in [0.4, 0.5) is 0 Å². The number of carbonyl (C=O) groups excluding carboxylic acids is 1. The Morgan fingerprint density at radius 2 is 1.79 bits per heavy atom. The van der Waals surface area contributed by atoms with E-state index in [0.29, 0.717) is 29.6 Å². The van der Waals surface area contributed by atoms with Crippen LogP contribution in [0.3, 0.4) is 0 Å². The molecule has 28 heavy (non-hydrogen) atoms. The van der Waals surface area contributed by atoms with Gasteiger partial charge in [-0.3, -0.25) is 4.79 Å². The molecule has 0 aliphatic carbocycles. The van der Waals surface area contributed by atoms with Gasteiger partial charge in [0, 0.05) is 36.1 Å². The lowest BCUT2D eigenvalue weighted by molar-refractivity contribution is 0.0769. The van der Waals surface area contributed by atoms with E-state index in [-0.39, 0.29) is 5.91 Å². The van der Waals surface area contributed by atoms with E-state index in [1.165, 1.54) is 0 Å². The number of fused-ring (bicyclic) bond motifs is 3. The summed E-state index contributed by atoms with van der Waals surface area (Å²) in [7, 11) is 1.94. The van der Waals surface area contributed by atoms with Gasteiger partial charge in [0.1, 0.15) is 11.3 Å². The number of amides is 1. The predicted molar refractivity (Wildman–Crippen MR) is 114 cm³/mol. The Balaban J connectivity index is 2.10. The highest BCUT2D eigenvalue weighted by Gasteiger charge is 2.24. The Hall–Kier alpha value is -2.92. The van der Waals surface area contributed by atoms with Crippen molar-refractivity contribution in [1.82, 2.24) is 19.4 Å². The minimum atomic E-state index is -0.0861. The van der Waals surface area contributed by atoms with Crippen LogP contribution in [-0.2, 0) is 7.05 Å². The summed E-state index contributed by atoms with van der Waals surface area (Å²) >= 11 is 6.22. The number of nitrogens with zero attached hydrogens (tertiary/aromatic N) is 4. The summed E-state index contributed by atoms with van der Waals surface area (Å²) in [6, 6.07) is 15.4. The Morgan fingerprint density at radius 3 is 2.46 bits per heavy atom. The SMILES string of the molecule is CCN(CC)C(=O)c1nc(-c2ccccc2)nc2c1c1ccc(Cl)cc1n2C. The Labute approximate surface area is 168 Å². The van der Waals surface area contributed by atoms with Gasteiger partial charge in [-0.2, -0.15) is 0 Å². The number of rotatable bonds is 4. The molecule has 2 heterocycles. The summed E-state index contributed by atoms with van der Waals surface area (Å²) in [5, 5.41) is 2.34. The second-order valence-corrected chi connectivity index (χ2v) is 7.09. The molecule has 4 rings (SSSR count). The predicted octanol–water partition coefficient (Wildman–Crippen LogP) is 4.92. The van der Waals surface area contributed by atoms with Gasteiger partial charge in [0.15, 0.2) is 5.82 Å². The van der Waals surface area contributed by atoms with E-state index in [0.717, 1.165) is 27.5 Å². The lowest BCUT2D eigenvalue weighted by Crippen LogP contribution is -2.31. The molecule has 0 bridgehead atoms. The second kappa shape index (κ2) is 7.24. The van der Waals surface area contributed by atoms with E-state index in [1.807, 2.05) is 74.0 Å². The van der Waals surface area contributed by atoms with E-state index in [2.05, 4.69) is 0 Å². The monoisotopic (exact) mass is 392 g/mol. The molecule has 5 nitrogen and oxygen atoms in total. The Bertz CT molecular complexity index is 1180. The molecule has 6 heteroatoms. The van der Waals surface area contributed by atoms with Crippen molar-refractivity contribution in [2.75, 3.05) is 13.1 Å². The van der Waals surface area contributed by atoms with E-state index in [9.17, 15) is 4.79 Å². The summed E-state index contributed by atoms with van der Waals surface area (Å²) in [4.78, 5) is 24.6. The van der Waals surface area contributed by atoms with Crippen LogP contribution >= 0.6 is 11.6 Å². The molecule has 0 spiro atoms. The number of aromatic nitrogens is 3. The van der Waals surface area contributed by atoms with Crippen LogP contribution in [0.25, 0.3) is 33.3 Å². The fraction of sp³-hybridized carbons (Fsp3) is 0.227. The quantitative estimate of drug-likeness (QED) is 0.495. The molecule has 0 N–H and O–H groups in total. The zero-order valence-electron chi connectivity index (χ0n) is 16.1. The highest BCUT2D eigenvalue weighted by molar-refractivity contribution is 6.31. The third-order valence-corrected chi connectivity index (χ3v) is 5.32. The van der Waals surface area contributed by atoms with Gasteiger partial charge < -0.3 is 9.47 Å². The van der Waals surface area contributed by atoms with Crippen LogP contribution in [0.5, 0.6) is 0 Å². The molecule has 142 valence electrons. The van der Waals surface area contributed by atoms with Gasteiger partial charge in [-0.25, -0.2) is 9.97 Å². The molecule has 0 unspecified atom stereocenters. The van der Waals surface area contributed by atoms with E-state index < -0.39 is 0 Å². The summed E-state index contributed by atoms with van der Waals surface area (Å²) in [5.41, 5.74) is 2.96. The van der Waals surface area contributed by atoms with Gasteiger partial charge in [0.25, 0.3) is 5.91 Å². The third-order valence-electron chi connectivity index (χ3n) is 5.08. The van der Waals surface area contributed by atoms with E-state index in [1.54, 1.807) is 4.90 Å². The molecule has 0 atom stereocenters. The Morgan fingerprint density at radius 1 is 1.07 bits per heavy atom. The topological polar surface area (TPSA) is 51.0 Å². The van der Waals surface area contributed by atoms with Gasteiger partial charge in [-0.05, 0) is 26.0 Å². The molecular weight excluding hydrogens is 372 g/mol. The number of hydrogen-bond acceptors (Lipinski definition) is 3. The molecular formula is C22H21ClN4O. The lowest BCUT2D eigenvalue weighted by atomic mass is 10.1. The molecule has 0 fully saturated rings. The third kappa shape index (κ3) is 2.92. The zero-order chi connectivity index (χ0) is 19.8. The first-order chi connectivity index (χ1) is 13.5. The summed E-state index contributed by atoms with van der Waals surface area (Å²) in [6.45, 7) is 5.19. The first-order valence-electron chi connectivity index (χ1n) is 9.35. The normalized spacial score (nSPS) is 11.3. The maximum atomic E-state index is 13.3. The molecule has 0 saturated carbocycles. The number of halogens is 1. The van der Waals surface area contributed by atoms with Crippen molar-refractivity contribution in [3.8, 4) is 11.4 Å². The van der Waals surface area contributed by atoms with Gasteiger partial charge in [-0.1, -0.05) is 48.0 Å². The smallest absolute Gasteiger partial charge is 0.273 e. The van der Waals surface area contributed by atoms with E-state index in [4.69, 9.17) is 21.6 Å². The van der Waals surface area contributed by atoms with Gasteiger partial charge in [-0.15, -0.1) is 0 Å². The Kier molecular flexibility index (Phi) is 4.77. The molecule has 0 aliphatic rings. The zero-order valence-corrected chi connectivity index (χ0v) is 16.9. The van der Waals surface area contributed by atoms with Crippen molar-refractivity contribution >= 4 is 39.4 Å².